The lowest BCUT2D eigenvalue weighted by atomic mass is 10.1. The van der Waals surface area contributed by atoms with Crippen molar-refractivity contribution in [3.05, 3.63) is 54.0 Å². The average Bonchev–Trinajstić information content (AvgIpc) is 3.18. The summed E-state index contributed by atoms with van der Waals surface area (Å²) in [6, 6.07) is 11.3. The van der Waals surface area contributed by atoms with Crippen molar-refractivity contribution in [3.8, 4) is 5.75 Å². The first-order chi connectivity index (χ1) is 10.8. The molecule has 22 heavy (non-hydrogen) atoms. The average molecular weight is 311 g/mol. The van der Waals surface area contributed by atoms with Gasteiger partial charge >= 0.3 is 0 Å². The lowest BCUT2D eigenvalue weighted by molar-refractivity contribution is 0.475. The van der Waals surface area contributed by atoms with Gasteiger partial charge in [0.1, 0.15) is 17.1 Å². The molecule has 1 saturated heterocycles. The lowest BCUT2D eigenvalue weighted by Gasteiger charge is -2.13. The summed E-state index contributed by atoms with van der Waals surface area (Å²) in [6.45, 7) is 0.740. The Morgan fingerprint density at radius 2 is 2.09 bits per heavy atom. The van der Waals surface area contributed by atoms with E-state index in [1.807, 2.05) is 42.2 Å². The summed E-state index contributed by atoms with van der Waals surface area (Å²) in [7, 11) is 0. The van der Waals surface area contributed by atoms with Gasteiger partial charge in [0.2, 0.25) is 0 Å². The largest absolute Gasteiger partial charge is 0.508 e. The SMILES string of the molecule is Oc1ccc(Cn2c(C3CCSC3)nc3cccnc32)cc1. The highest BCUT2D eigenvalue weighted by atomic mass is 32.2. The molecule has 0 amide bonds. The third-order valence-electron chi connectivity index (χ3n) is 4.11. The molecule has 4 rings (SSSR count). The van der Waals surface area contributed by atoms with E-state index in [0.29, 0.717) is 11.7 Å². The summed E-state index contributed by atoms with van der Waals surface area (Å²) >= 11 is 2.00. The topological polar surface area (TPSA) is 50.9 Å². The van der Waals surface area contributed by atoms with Crippen LogP contribution in [0.4, 0.5) is 0 Å². The summed E-state index contributed by atoms with van der Waals surface area (Å²) in [5, 5.41) is 9.45. The van der Waals surface area contributed by atoms with Gasteiger partial charge in [0, 0.05) is 17.9 Å². The van der Waals surface area contributed by atoms with Crippen molar-refractivity contribution in [2.45, 2.75) is 18.9 Å². The van der Waals surface area contributed by atoms with Crippen LogP contribution in [0.2, 0.25) is 0 Å². The maximum Gasteiger partial charge on any atom is 0.160 e. The Morgan fingerprint density at radius 3 is 2.86 bits per heavy atom. The standard InChI is InChI=1S/C17H17N3OS/c21-14-5-3-12(4-6-14)10-20-16(13-7-9-22-11-13)19-15-2-1-8-18-17(15)20/h1-6,8,13,21H,7,9-11H2. The van der Waals surface area contributed by atoms with E-state index in [1.54, 1.807) is 12.1 Å². The first-order valence-electron chi connectivity index (χ1n) is 7.48. The van der Waals surface area contributed by atoms with Crippen LogP contribution in [0.3, 0.4) is 0 Å². The fourth-order valence-electron chi connectivity index (χ4n) is 2.97. The zero-order valence-electron chi connectivity index (χ0n) is 12.1. The zero-order chi connectivity index (χ0) is 14.9. The summed E-state index contributed by atoms with van der Waals surface area (Å²) in [5.41, 5.74) is 3.06. The Labute approximate surface area is 133 Å². The molecule has 1 N–H and O–H groups in total. The van der Waals surface area contributed by atoms with Crippen molar-refractivity contribution in [1.29, 1.82) is 0 Å². The predicted molar refractivity (Wildman–Crippen MR) is 89.4 cm³/mol. The van der Waals surface area contributed by atoms with Crippen LogP contribution in [0.5, 0.6) is 5.75 Å². The summed E-state index contributed by atoms with van der Waals surface area (Å²) in [5.74, 6) is 4.30. The Kier molecular flexibility index (Phi) is 3.50. The molecular weight excluding hydrogens is 294 g/mol. The van der Waals surface area contributed by atoms with E-state index in [2.05, 4.69) is 9.55 Å². The number of aromatic nitrogens is 3. The Hall–Kier alpha value is -2.01. The number of benzene rings is 1. The highest BCUT2D eigenvalue weighted by molar-refractivity contribution is 7.99. The number of imidazole rings is 1. The number of hydrogen-bond donors (Lipinski definition) is 1. The quantitative estimate of drug-likeness (QED) is 0.805. The third-order valence-corrected chi connectivity index (χ3v) is 5.27. The van der Waals surface area contributed by atoms with Crippen molar-refractivity contribution in [2.24, 2.45) is 0 Å². The van der Waals surface area contributed by atoms with Crippen LogP contribution in [0.15, 0.2) is 42.6 Å². The molecule has 0 radical (unpaired) electrons. The van der Waals surface area contributed by atoms with Crippen LogP contribution >= 0.6 is 11.8 Å². The predicted octanol–water partition coefficient (Wildman–Crippen LogP) is 3.41. The van der Waals surface area contributed by atoms with Gasteiger partial charge in [-0.3, -0.25) is 0 Å². The Morgan fingerprint density at radius 1 is 1.23 bits per heavy atom. The van der Waals surface area contributed by atoms with Crippen LogP contribution in [-0.2, 0) is 6.54 Å². The zero-order valence-corrected chi connectivity index (χ0v) is 13.0. The molecule has 1 unspecified atom stereocenters. The molecule has 1 aliphatic heterocycles. The van der Waals surface area contributed by atoms with Gasteiger partial charge in [-0.2, -0.15) is 11.8 Å². The number of phenols is 1. The van der Waals surface area contributed by atoms with Gasteiger partial charge in [0.25, 0.3) is 0 Å². The van der Waals surface area contributed by atoms with Crippen LogP contribution in [0.1, 0.15) is 23.7 Å². The number of pyridine rings is 1. The molecule has 3 heterocycles. The summed E-state index contributed by atoms with van der Waals surface area (Å²) < 4.78 is 2.23. The molecule has 0 aliphatic carbocycles. The fourth-order valence-corrected chi connectivity index (χ4v) is 4.18. The van der Waals surface area contributed by atoms with Crippen LogP contribution in [0.25, 0.3) is 11.2 Å². The molecule has 1 aliphatic rings. The lowest BCUT2D eigenvalue weighted by Crippen LogP contribution is -2.10. The van der Waals surface area contributed by atoms with Crippen molar-refractivity contribution < 1.29 is 5.11 Å². The van der Waals surface area contributed by atoms with E-state index in [-0.39, 0.29) is 0 Å². The van der Waals surface area contributed by atoms with Crippen molar-refractivity contribution >= 4 is 22.9 Å². The second kappa shape index (κ2) is 5.65. The van der Waals surface area contributed by atoms with Crippen LogP contribution in [-0.4, -0.2) is 31.1 Å². The van der Waals surface area contributed by atoms with Gasteiger partial charge in [0.05, 0.1) is 6.54 Å². The molecule has 1 atom stereocenters. The molecule has 0 bridgehead atoms. The number of nitrogens with zero attached hydrogens (tertiary/aromatic N) is 3. The molecule has 0 spiro atoms. The minimum atomic E-state index is 0.296. The third kappa shape index (κ3) is 2.46. The fraction of sp³-hybridized carbons (Fsp3) is 0.294. The number of hydrogen-bond acceptors (Lipinski definition) is 4. The number of fused-ring (bicyclic) bond motifs is 1. The molecule has 5 heteroatoms. The first kappa shape index (κ1) is 13.6. The molecule has 4 nitrogen and oxygen atoms in total. The molecule has 3 aromatic rings. The number of thioether (sulfide) groups is 1. The molecule has 1 fully saturated rings. The second-order valence-electron chi connectivity index (χ2n) is 5.63. The van der Waals surface area contributed by atoms with Crippen molar-refractivity contribution in [1.82, 2.24) is 14.5 Å². The maximum atomic E-state index is 9.45. The van der Waals surface area contributed by atoms with Gasteiger partial charge in [0.15, 0.2) is 5.65 Å². The Balaban J connectivity index is 1.79. The number of rotatable bonds is 3. The minimum Gasteiger partial charge on any atom is -0.508 e. The van der Waals surface area contributed by atoms with E-state index in [1.165, 1.54) is 12.2 Å². The Bertz CT molecular complexity index is 791. The van der Waals surface area contributed by atoms with Crippen LogP contribution in [0, 0.1) is 0 Å². The first-order valence-corrected chi connectivity index (χ1v) is 8.63. The van der Waals surface area contributed by atoms with E-state index in [4.69, 9.17) is 4.98 Å². The van der Waals surface area contributed by atoms with E-state index in [9.17, 15) is 5.11 Å². The van der Waals surface area contributed by atoms with Gasteiger partial charge in [-0.15, -0.1) is 0 Å². The highest BCUT2D eigenvalue weighted by Gasteiger charge is 2.24. The summed E-state index contributed by atoms with van der Waals surface area (Å²) in [6.07, 6.45) is 3.01. The van der Waals surface area contributed by atoms with Crippen LogP contribution < -0.4 is 0 Å². The summed E-state index contributed by atoms with van der Waals surface area (Å²) in [4.78, 5) is 9.38. The van der Waals surface area contributed by atoms with Gasteiger partial charge < -0.3 is 9.67 Å². The van der Waals surface area contributed by atoms with E-state index in [0.717, 1.165) is 34.8 Å². The monoisotopic (exact) mass is 311 g/mol. The highest BCUT2D eigenvalue weighted by Crippen LogP contribution is 2.33. The van der Waals surface area contributed by atoms with Gasteiger partial charge in [-0.25, -0.2) is 9.97 Å². The number of aromatic hydroxyl groups is 1. The number of phenolic OH excluding ortho intramolecular Hbond substituents is 1. The van der Waals surface area contributed by atoms with E-state index < -0.39 is 0 Å². The van der Waals surface area contributed by atoms with E-state index >= 15 is 0 Å². The molecular formula is C17H17N3OS. The second-order valence-corrected chi connectivity index (χ2v) is 6.78. The molecule has 0 saturated carbocycles. The smallest absolute Gasteiger partial charge is 0.160 e. The van der Waals surface area contributed by atoms with Gasteiger partial charge in [-0.05, 0) is 42.0 Å². The molecule has 112 valence electrons. The van der Waals surface area contributed by atoms with Gasteiger partial charge in [-0.1, -0.05) is 12.1 Å². The maximum absolute atomic E-state index is 9.45. The minimum absolute atomic E-state index is 0.296. The molecule has 1 aromatic carbocycles. The van der Waals surface area contributed by atoms with Crippen molar-refractivity contribution in [3.63, 3.8) is 0 Å². The normalized spacial score (nSPS) is 18.1. The van der Waals surface area contributed by atoms with Crippen molar-refractivity contribution in [2.75, 3.05) is 11.5 Å². The molecule has 2 aromatic heterocycles.